The van der Waals surface area contributed by atoms with Gasteiger partial charge in [0.25, 0.3) is 17.8 Å². The zero-order chi connectivity index (χ0) is 36.1. The standard InChI is InChI=1S/C36H32N14O3/c37-31-29-30(23-3-4-28-27(12-23)45-35(38)53-28)46-50(32(29)44-20-43-31)17-21-1-2-24-18-49(6-5-22(24)11-21)34(52)26-15-41-36(42-16-26)48-9-7-47(8-10-48)33(51)25-13-39-19-40-14-25/h1-4,11-16,19-20H,5-10,17-18H2,(H2,38,45)(H2,37,43,44). The molecule has 17 heteroatoms. The summed E-state index contributed by atoms with van der Waals surface area (Å²) in [7, 11) is 0. The predicted molar refractivity (Wildman–Crippen MR) is 193 cm³/mol. The van der Waals surface area contributed by atoms with E-state index in [1.54, 1.807) is 23.4 Å². The molecule has 0 bridgehead atoms. The Kier molecular flexibility index (Phi) is 7.79. The molecule has 2 aliphatic heterocycles. The zero-order valence-corrected chi connectivity index (χ0v) is 28.3. The summed E-state index contributed by atoms with van der Waals surface area (Å²) in [5.41, 5.74) is 19.5. The lowest BCUT2D eigenvalue weighted by Crippen LogP contribution is -2.49. The Hall–Kier alpha value is -7.04. The molecule has 1 saturated heterocycles. The van der Waals surface area contributed by atoms with Gasteiger partial charge in [0, 0.05) is 69.6 Å². The highest BCUT2D eigenvalue weighted by atomic mass is 16.4. The van der Waals surface area contributed by atoms with Crippen LogP contribution >= 0.6 is 0 Å². The van der Waals surface area contributed by atoms with Gasteiger partial charge in [-0.05, 0) is 41.3 Å². The Morgan fingerprint density at radius 2 is 1.55 bits per heavy atom. The summed E-state index contributed by atoms with van der Waals surface area (Å²) in [6.07, 6.45) is 9.75. The number of aromatic nitrogens is 9. The van der Waals surface area contributed by atoms with E-state index in [1.807, 2.05) is 32.7 Å². The van der Waals surface area contributed by atoms with E-state index in [2.05, 4.69) is 47.0 Å². The fraction of sp³-hybridized carbons (Fsp3) is 0.222. The van der Waals surface area contributed by atoms with Gasteiger partial charge >= 0.3 is 0 Å². The predicted octanol–water partition coefficient (Wildman–Crippen LogP) is 2.59. The molecule has 5 aromatic heterocycles. The molecule has 4 N–H and O–H groups in total. The summed E-state index contributed by atoms with van der Waals surface area (Å²) >= 11 is 0. The number of carbonyl (C=O) groups is 2. The van der Waals surface area contributed by atoms with Crippen molar-refractivity contribution in [3.8, 4) is 11.3 Å². The molecule has 1 fully saturated rings. The summed E-state index contributed by atoms with van der Waals surface area (Å²) in [6.45, 7) is 3.69. The van der Waals surface area contributed by atoms with Crippen molar-refractivity contribution < 1.29 is 14.0 Å². The molecule has 0 saturated carbocycles. The van der Waals surface area contributed by atoms with E-state index in [9.17, 15) is 9.59 Å². The first-order valence-electron chi connectivity index (χ1n) is 17.0. The number of carbonyl (C=O) groups excluding carboxylic acids is 2. The molecule has 0 spiro atoms. The first-order valence-corrected chi connectivity index (χ1v) is 17.0. The molecule has 264 valence electrons. The molecular weight excluding hydrogens is 676 g/mol. The number of hydrogen-bond acceptors (Lipinski definition) is 14. The van der Waals surface area contributed by atoms with Crippen LogP contribution in [0.5, 0.6) is 0 Å². The second kappa shape index (κ2) is 12.9. The highest BCUT2D eigenvalue weighted by molar-refractivity contribution is 5.99. The van der Waals surface area contributed by atoms with E-state index in [0.717, 1.165) is 16.7 Å². The van der Waals surface area contributed by atoms with E-state index in [0.29, 0.717) is 103 Å². The van der Waals surface area contributed by atoms with Crippen LogP contribution in [0.1, 0.15) is 37.4 Å². The lowest BCUT2D eigenvalue weighted by molar-refractivity contribution is 0.0729. The first kappa shape index (κ1) is 31.9. The van der Waals surface area contributed by atoms with E-state index in [1.165, 1.54) is 30.6 Å². The van der Waals surface area contributed by atoms with Gasteiger partial charge in [0.05, 0.1) is 23.1 Å². The molecule has 2 aliphatic rings. The van der Waals surface area contributed by atoms with Crippen LogP contribution in [-0.4, -0.2) is 99.0 Å². The minimum Gasteiger partial charge on any atom is -0.424 e. The molecule has 2 amide bonds. The zero-order valence-electron chi connectivity index (χ0n) is 28.3. The maximum Gasteiger partial charge on any atom is 0.292 e. The molecule has 53 heavy (non-hydrogen) atoms. The number of benzene rings is 2. The summed E-state index contributed by atoms with van der Waals surface area (Å²) in [4.78, 5) is 61.8. The fourth-order valence-corrected chi connectivity index (χ4v) is 6.97. The van der Waals surface area contributed by atoms with Crippen molar-refractivity contribution in [3.63, 3.8) is 0 Å². The third-order valence-electron chi connectivity index (χ3n) is 9.68. The summed E-state index contributed by atoms with van der Waals surface area (Å²) in [5.74, 6) is 0.641. The average Bonchev–Trinajstić information content (AvgIpc) is 3.77. The SMILES string of the molecule is Nc1nc2cc(-c3nn(Cc4ccc5c(c4)CCN(C(=O)c4cnc(N6CCN(C(=O)c7cncnc7)CC6)nc4)C5)c4ncnc(N)c34)ccc2o1. The summed E-state index contributed by atoms with van der Waals surface area (Å²) < 4.78 is 7.26. The smallest absolute Gasteiger partial charge is 0.292 e. The van der Waals surface area contributed by atoms with Crippen LogP contribution in [0.3, 0.4) is 0 Å². The van der Waals surface area contributed by atoms with Gasteiger partial charge in [-0.1, -0.05) is 18.2 Å². The normalized spacial score (nSPS) is 14.5. The van der Waals surface area contributed by atoms with Crippen LogP contribution in [0.25, 0.3) is 33.4 Å². The van der Waals surface area contributed by atoms with Crippen LogP contribution in [0.4, 0.5) is 17.8 Å². The topological polar surface area (TPSA) is 217 Å². The van der Waals surface area contributed by atoms with Gasteiger partial charge < -0.3 is 30.6 Å². The number of oxazole rings is 1. The van der Waals surface area contributed by atoms with Crippen LogP contribution in [-0.2, 0) is 19.5 Å². The maximum absolute atomic E-state index is 13.5. The summed E-state index contributed by atoms with van der Waals surface area (Å²) in [5, 5.41) is 5.58. The number of rotatable bonds is 6. The van der Waals surface area contributed by atoms with Crippen LogP contribution in [0.15, 0.2) is 78.3 Å². The molecule has 0 atom stereocenters. The van der Waals surface area contributed by atoms with Crippen molar-refractivity contribution >= 4 is 51.7 Å². The second-order valence-electron chi connectivity index (χ2n) is 13.0. The van der Waals surface area contributed by atoms with Crippen LogP contribution in [0.2, 0.25) is 0 Å². The number of nitrogen functional groups attached to an aromatic ring is 2. The molecule has 0 unspecified atom stereocenters. The molecule has 0 aliphatic carbocycles. The van der Waals surface area contributed by atoms with Gasteiger partial charge in [-0.15, -0.1) is 0 Å². The Labute approximate surface area is 301 Å². The number of nitrogens with two attached hydrogens (primary N) is 2. The van der Waals surface area contributed by atoms with E-state index < -0.39 is 0 Å². The van der Waals surface area contributed by atoms with E-state index in [4.69, 9.17) is 21.0 Å². The average molecular weight is 709 g/mol. The lowest BCUT2D eigenvalue weighted by atomic mass is 9.97. The van der Waals surface area contributed by atoms with Gasteiger partial charge in [-0.2, -0.15) is 10.1 Å². The lowest BCUT2D eigenvalue weighted by Gasteiger charge is -2.34. The van der Waals surface area contributed by atoms with Gasteiger partial charge in [0.1, 0.15) is 29.7 Å². The number of anilines is 3. The van der Waals surface area contributed by atoms with Crippen molar-refractivity contribution in [2.75, 3.05) is 49.1 Å². The highest BCUT2D eigenvalue weighted by Gasteiger charge is 2.26. The third kappa shape index (κ3) is 5.96. The van der Waals surface area contributed by atoms with Crippen LogP contribution in [0, 0.1) is 0 Å². The largest absolute Gasteiger partial charge is 0.424 e. The van der Waals surface area contributed by atoms with Gasteiger partial charge in [0.2, 0.25) is 5.95 Å². The van der Waals surface area contributed by atoms with Crippen molar-refractivity contribution in [2.24, 2.45) is 0 Å². The Bertz CT molecular complexity index is 2510. The Balaban J connectivity index is 0.865. The molecule has 17 nitrogen and oxygen atoms in total. The van der Waals surface area contributed by atoms with Gasteiger partial charge in [-0.25, -0.2) is 34.6 Å². The first-order chi connectivity index (χ1) is 25.9. The minimum atomic E-state index is -0.119. The second-order valence-corrected chi connectivity index (χ2v) is 13.0. The summed E-state index contributed by atoms with van der Waals surface area (Å²) in [6, 6.07) is 11.9. The Morgan fingerprint density at radius 3 is 2.36 bits per heavy atom. The van der Waals surface area contributed by atoms with Crippen molar-refractivity contribution in [1.29, 1.82) is 0 Å². The molecule has 0 radical (unpaired) electrons. The maximum atomic E-state index is 13.5. The fourth-order valence-electron chi connectivity index (χ4n) is 6.97. The molecular formula is C36H32N14O3. The quantitative estimate of drug-likeness (QED) is 0.254. The van der Waals surface area contributed by atoms with Crippen LogP contribution < -0.4 is 16.4 Å². The van der Waals surface area contributed by atoms with E-state index in [-0.39, 0.29) is 17.8 Å². The van der Waals surface area contributed by atoms with Gasteiger partial charge in [0.15, 0.2) is 11.2 Å². The van der Waals surface area contributed by atoms with Gasteiger partial charge in [-0.3, -0.25) is 9.59 Å². The molecule has 2 aromatic carbocycles. The number of nitrogens with zero attached hydrogens (tertiary/aromatic N) is 12. The van der Waals surface area contributed by atoms with Crippen molar-refractivity contribution in [3.05, 3.63) is 102 Å². The number of piperazine rings is 1. The van der Waals surface area contributed by atoms with Crippen molar-refractivity contribution in [1.82, 2.24) is 54.5 Å². The number of hydrogen-bond donors (Lipinski definition) is 2. The van der Waals surface area contributed by atoms with E-state index >= 15 is 0 Å². The molecule has 9 rings (SSSR count). The third-order valence-corrected chi connectivity index (χ3v) is 9.68. The molecule has 7 aromatic rings. The number of amides is 2. The Morgan fingerprint density at radius 1 is 0.774 bits per heavy atom. The monoisotopic (exact) mass is 708 g/mol. The highest BCUT2D eigenvalue weighted by Crippen LogP contribution is 2.33. The minimum absolute atomic E-state index is 0.0941. The molecule has 7 heterocycles. The van der Waals surface area contributed by atoms with Crippen molar-refractivity contribution in [2.45, 2.75) is 19.5 Å². The number of fused-ring (bicyclic) bond motifs is 3.